The Morgan fingerprint density at radius 1 is 0.889 bits per heavy atom. The van der Waals surface area contributed by atoms with Gasteiger partial charge in [0, 0.05) is 12.4 Å². The van der Waals surface area contributed by atoms with Crippen molar-refractivity contribution in [2.75, 3.05) is 6.16 Å². The maximum absolute atomic E-state index is 4.97. The summed E-state index contributed by atoms with van der Waals surface area (Å²) in [6.07, 6.45) is 12.1. The molecule has 5 atom stereocenters. The molecule has 7 rings (SSSR count). The fourth-order valence-electron chi connectivity index (χ4n) is 8.35. The van der Waals surface area contributed by atoms with Gasteiger partial charge in [-0.15, -0.1) is 18.5 Å². The molecule has 0 amide bonds. The molecule has 4 aliphatic rings. The van der Waals surface area contributed by atoms with Gasteiger partial charge >= 0.3 is 0 Å². The SMILES string of the molecule is C[Si](C)(C)c1ccc(C23CC4CC(CC(C4)C2CP)C3)c(C(P)(c2ccccn2)c2ccccn2)c1. The van der Waals surface area contributed by atoms with Crippen molar-refractivity contribution in [3.63, 3.8) is 0 Å². The molecule has 1 aromatic carbocycles. The number of aromatic nitrogens is 2. The number of rotatable bonds is 6. The normalized spacial score (nSPS) is 29.5. The number of hydrogen-bond donors (Lipinski definition) is 0. The first-order chi connectivity index (χ1) is 17.3. The molecule has 4 bridgehead atoms. The summed E-state index contributed by atoms with van der Waals surface area (Å²) in [7, 11) is 4.88. The van der Waals surface area contributed by atoms with Gasteiger partial charge in [-0.1, -0.05) is 55.2 Å². The van der Waals surface area contributed by atoms with Crippen molar-refractivity contribution in [3.8, 4) is 0 Å². The number of nitrogens with zero attached hydrogens (tertiary/aromatic N) is 2. The van der Waals surface area contributed by atoms with Gasteiger partial charge in [-0.05, 0) is 103 Å². The number of benzene rings is 1. The smallest absolute Gasteiger partial charge is 0.0935 e. The minimum atomic E-state index is -1.54. The second-order valence-corrected chi connectivity index (χ2v) is 19.3. The van der Waals surface area contributed by atoms with Gasteiger partial charge in [-0.3, -0.25) is 9.97 Å². The highest BCUT2D eigenvalue weighted by Crippen LogP contribution is 2.65. The molecule has 3 aromatic rings. The van der Waals surface area contributed by atoms with Crippen LogP contribution in [0.4, 0.5) is 0 Å². The van der Waals surface area contributed by atoms with E-state index in [1.165, 1.54) is 49.0 Å². The molecule has 0 N–H and O–H groups in total. The fraction of sp³-hybridized carbons (Fsp3) is 0.484. The minimum absolute atomic E-state index is 0.259. The zero-order chi connectivity index (χ0) is 25.1. The lowest BCUT2D eigenvalue weighted by Crippen LogP contribution is -2.56. The van der Waals surface area contributed by atoms with Crippen LogP contribution in [0, 0.1) is 23.7 Å². The second-order valence-electron chi connectivity index (χ2n) is 12.9. The third-order valence-corrected chi connectivity index (χ3v) is 13.2. The van der Waals surface area contributed by atoms with E-state index in [1.807, 2.05) is 24.5 Å². The molecule has 188 valence electrons. The van der Waals surface area contributed by atoms with Crippen LogP contribution in [0.15, 0.2) is 67.0 Å². The Bertz CT molecular complexity index is 1190. The van der Waals surface area contributed by atoms with Crippen molar-refractivity contribution in [3.05, 3.63) is 89.5 Å². The van der Waals surface area contributed by atoms with Crippen LogP contribution in [0.2, 0.25) is 19.6 Å². The first kappa shape index (κ1) is 24.9. The lowest BCUT2D eigenvalue weighted by Gasteiger charge is -2.62. The average molecular weight is 531 g/mol. The van der Waals surface area contributed by atoms with Crippen molar-refractivity contribution < 1.29 is 0 Å². The van der Waals surface area contributed by atoms with E-state index in [4.69, 9.17) is 9.97 Å². The molecule has 4 fully saturated rings. The van der Waals surface area contributed by atoms with E-state index in [9.17, 15) is 0 Å². The van der Waals surface area contributed by atoms with Gasteiger partial charge in [-0.2, -0.15) is 0 Å². The van der Waals surface area contributed by atoms with Gasteiger partial charge in [0.1, 0.15) is 0 Å². The van der Waals surface area contributed by atoms with E-state index in [-0.39, 0.29) is 5.41 Å². The van der Waals surface area contributed by atoms with Crippen LogP contribution in [0.5, 0.6) is 0 Å². The van der Waals surface area contributed by atoms with Crippen molar-refractivity contribution in [1.29, 1.82) is 0 Å². The van der Waals surface area contributed by atoms with Gasteiger partial charge in [0.05, 0.1) is 24.6 Å². The zero-order valence-corrected chi connectivity index (χ0v) is 25.3. The van der Waals surface area contributed by atoms with Crippen molar-refractivity contribution in [1.82, 2.24) is 9.97 Å². The summed E-state index contributed by atoms with van der Waals surface area (Å²) >= 11 is 0. The van der Waals surface area contributed by atoms with Gasteiger partial charge in [0.25, 0.3) is 0 Å². The van der Waals surface area contributed by atoms with E-state index in [0.29, 0.717) is 0 Å². The largest absolute Gasteiger partial charge is 0.260 e. The highest BCUT2D eigenvalue weighted by Gasteiger charge is 2.58. The summed E-state index contributed by atoms with van der Waals surface area (Å²) in [6.45, 7) is 7.40. The van der Waals surface area contributed by atoms with Crippen LogP contribution >= 0.6 is 18.5 Å². The fourth-order valence-corrected chi connectivity index (χ4v) is 10.9. The molecule has 0 aliphatic heterocycles. The predicted octanol–water partition coefficient (Wildman–Crippen LogP) is 6.76. The van der Waals surface area contributed by atoms with Crippen LogP contribution in [0.25, 0.3) is 0 Å². The Kier molecular flexibility index (Phi) is 6.30. The maximum atomic E-state index is 4.97. The average Bonchev–Trinajstić information content (AvgIpc) is 2.88. The van der Waals surface area contributed by atoms with Crippen molar-refractivity contribution >= 4 is 31.7 Å². The van der Waals surface area contributed by atoms with E-state index in [2.05, 4.69) is 80.6 Å². The van der Waals surface area contributed by atoms with Crippen LogP contribution in [0.1, 0.15) is 54.6 Å². The molecule has 4 saturated carbocycles. The first-order valence-electron chi connectivity index (χ1n) is 13.7. The molecule has 0 spiro atoms. The third-order valence-electron chi connectivity index (χ3n) is 9.76. The molecule has 0 radical (unpaired) electrons. The van der Waals surface area contributed by atoms with Gasteiger partial charge < -0.3 is 0 Å². The summed E-state index contributed by atoms with van der Waals surface area (Å²) in [5.41, 5.74) is 5.40. The topological polar surface area (TPSA) is 25.8 Å². The van der Waals surface area contributed by atoms with Crippen LogP contribution in [-0.2, 0) is 10.6 Å². The Hall–Kier alpha value is -1.40. The molecule has 2 aromatic heterocycles. The molecular weight excluding hydrogens is 490 g/mol. The predicted molar refractivity (Wildman–Crippen MR) is 161 cm³/mol. The Balaban J connectivity index is 1.65. The van der Waals surface area contributed by atoms with E-state index >= 15 is 0 Å². The highest BCUT2D eigenvalue weighted by molar-refractivity contribution is 7.19. The van der Waals surface area contributed by atoms with Crippen LogP contribution in [0.3, 0.4) is 0 Å². The number of hydrogen-bond acceptors (Lipinski definition) is 2. The summed E-state index contributed by atoms with van der Waals surface area (Å²) in [5, 5.41) is 1.04. The van der Waals surface area contributed by atoms with Gasteiger partial charge in [0.15, 0.2) is 0 Å². The Morgan fingerprint density at radius 3 is 2.00 bits per heavy atom. The third kappa shape index (κ3) is 3.88. The van der Waals surface area contributed by atoms with Gasteiger partial charge in [-0.25, -0.2) is 0 Å². The molecule has 2 heterocycles. The number of pyridine rings is 2. The Labute approximate surface area is 222 Å². The Morgan fingerprint density at radius 2 is 1.50 bits per heavy atom. The van der Waals surface area contributed by atoms with E-state index < -0.39 is 13.2 Å². The van der Waals surface area contributed by atoms with Gasteiger partial charge in [0.2, 0.25) is 0 Å². The lowest BCUT2D eigenvalue weighted by atomic mass is 9.43. The van der Waals surface area contributed by atoms with E-state index in [1.54, 1.807) is 5.56 Å². The first-order valence-corrected chi connectivity index (χ1v) is 18.6. The zero-order valence-electron chi connectivity index (χ0n) is 22.0. The molecule has 5 heteroatoms. The molecule has 2 nitrogen and oxygen atoms in total. The molecule has 4 aliphatic carbocycles. The second kappa shape index (κ2) is 9.11. The molecule has 5 unspecified atom stereocenters. The summed E-state index contributed by atoms with van der Waals surface area (Å²) in [5.74, 6) is 3.40. The molecule has 0 saturated heterocycles. The molecular formula is C31H40N2P2Si. The molecule has 36 heavy (non-hydrogen) atoms. The minimum Gasteiger partial charge on any atom is -0.260 e. The van der Waals surface area contributed by atoms with Crippen LogP contribution in [-0.4, -0.2) is 24.2 Å². The quantitative estimate of drug-likeness (QED) is 0.260. The summed E-state index contributed by atoms with van der Waals surface area (Å²) in [4.78, 5) is 9.94. The monoisotopic (exact) mass is 530 g/mol. The van der Waals surface area contributed by atoms with Crippen LogP contribution < -0.4 is 5.19 Å². The highest BCUT2D eigenvalue weighted by atomic mass is 31.0. The summed E-state index contributed by atoms with van der Waals surface area (Å²) < 4.78 is 0. The van der Waals surface area contributed by atoms with E-state index in [0.717, 1.165) is 35.1 Å². The maximum Gasteiger partial charge on any atom is 0.0935 e. The summed E-state index contributed by atoms with van der Waals surface area (Å²) in [6, 6.07) is 20.3. The standard InChI is InChI=1S/C31H40N2P2Si/c1-36(2,3)24-10-11-25(30-18-21-14-22(19-30)16-23(15-21)27(30)20-34)26(17-24)31(35,28-8-4-6-12-32-28)29-9-5-7-13-33-29/h4-13,17,21-23,27H,14-16,18-20,34-35H2,1-3H3. The van der Waals surface area contributed by atoms with Crippen molar-refractivity contribution in [2.45, 2.75) is 62.3 Å². The van der Waals surface area contributed by atoms with Crippen molar-refractivity contribution in [2.24, 2.45) is 23.7 Å². The lowest BCUT2D eigenvalue weighted by molar-refractivity contribution is -0.0522.